The Kier molecular flexibility index (Phi) is 3.01. The van der Waals surface area contributed by atoms with Crippen LogP contribution < -0.4 is 14.8 Å². The SMILES string of the molecule is COc1cccc2c1-c1c(OC)c(O)cc3c1[C@H](C2)NCC3. The van der Waals surface area contributed by atoms with Crippen molar-refractivity contribution in [3.63, 3.8) is 0 Å². The number of phenolic OH excluding ortho intramolecular Hbond substituents is 1. The van der Waals surface area contributed by atoms with Crippen LogP contribution in [-0.4, -0.2) is 25.9 Å². The van der Waals surface area contributed by atoms with Crippen molar-refractivity contribution < 1.29 is 14.6 Å². The van der Waals surface area contributed by atoms with Gasteiger partial charge >= 0.3 is 0 Å². The Morgan fingerprint density at radius 2 is 2.00 bits per heavy atom. The lowest BCUT2D eigenvalue weighted by Gasteiger charge is -2.35. The second kappa shape index (κ2) is 4.92. The van der Waals surface area contributed by atoms with E-state index in [-0.39, 0.29) is 11.8 Å². The Balaban J connectivity index is 2.11. The van der Waals surface area contributed by atoms with Crippen molar-refractivity contribution in [1.29, 1.82) is 0 Å². The summed E-state index contributed by atoms with van der Waals surface area (Å²) < 4.78 is 11.1. The van der Waals surface area contributed by atoms with Crippen LogP contribution in [0.5, 0.6) is 17.2 Å². The van der Waals surface area contributed by atoms with Gasteiger partial charge in [-0.1, -0.05) is 12.1 Å². The second-order valence-electron chi connectivity index (χ2n) is 5.83. The predicted octanol–water partition coefficient (Wildman–Crippen LogP) is 2.82. The molecule has 0 unspecified atom stereocenters. The normalized spacial score (nSPS) is 18.4. The van der Waals surface area contributed by atoms with Crippen molar-refractivity contribution in [2.24, 2.45) is 0 Å². The van der Waals surface area contributed by atoms with Crippen molar-refractivity contribution in [2.45, 2.75) is 18.9 Å². The van der Waals surface area contributed by atoms with Gasteiger partial charge in [0, 0.05) is 17.2 Å². The summed E-state index contributed by atoms with van der Waals surface area (Å²) in [5.74, 6) is 1.57. The molecule has 4 nitrogen and oxygen atoms in total. The molecule has 0 bridgehead atoms. The molecule has 22 heavy (non-hydrogen) atoms. The van der Waals surface area contributed by atoms with Crippen LogP contribution in [0.15, 0.2) is 24.3 Å². The number of hydrogen-bond donors (Lipinski definition) is 2. The van der Waals surface area contributed by atoms with Crippen molar-refractivity contribution >= 4 is 0 Å². The first kappa shape index (κ1) is 13.5. The number of aromatic hydroxyl groups is 1. The molecule has 0 fully saturated rings. The van der Waals surface area contributed by atoms with Crippen molar-refractivity contribution in [3.05, 3.63) is 41.0 Å². The number of ether oxygens (including phenoxy) is 2. The molecule has 0 saturated heterocycles. The molecule has 0 radical (unpaired) electrons. The summed E-state index contributed by atoms with van der Waals surface area (Å²) in [5, 5.41) is 14.0. The lowest BCUT2D eigenvalue weighted by molar-refractivity contribution is 0.369. The van der Waals surface area contributed by atoms with Crippen LogP contribution in [0.2, 0.25) is 0 Å². The smallest absolute Gasteiger partial charge is 0.168 e. The molecule has 1 aliphatic heterocycles. The quantitative estimate of drug-likeness (QED) is 0.895. The van der Waals surface area contributed by atoms with Crippen LogP contribution in [0.3, 0.4) is 0 Å². The minimum absolute atomic E-state index is 0.204. The minimum Gasteiger partial charge on any atom is -0.504 e. The zero-order valence-corrected chi connectivity index (χ0v) is 12.8. The summed E-state index contributed by atoms with van der Waals surface area (Å²) in [6.45, 7) is 0.933. The molecule has 4 rings (SSSR count). The molecule has 1 aliphatic carbocycles. The van der Waals surface area contributed by atoms with Crippen LogP contribution in [0.25, 0.3) is 11.1 Å². The predicted molar refractivity (Wildman–Crippen MR) is 84.8 cm³/mol. The Morgan fingerprint density at radius 1 is 1.14 bits per heavy atom. The number of nitrogens with one attached hydrogen (secondary N) is 1. The monoisotopic (exact) mass is 297 g/mol. The Labute approximate surface area is 129 Å². The van der Waals surface area contributed by atoms with Crippen LogP contribution >= 0.6 is 0 Å². The van der Waals surface area contributed by atoms with Crippen LogP contribution in [0, 0.1) is 0 Å². The first-order valence-corrected chi connectivity index (χ1v) is 7.57. The summed E-state index contributed by atoms with van der Waals surface area (Å²) in [4.78, 5) is 0. The number of hydrogen-bond acceptors (Lipinski definition) is 4. The molecule has 4 heteroatoms. The number of fused-ring (bicyclic) bond motifs is 2. The van der Waals surface area contributed by atoms with Gasteiger partial charge in [-0.05, 0) is 48.2 Å². The lowest BCUT2D eigenvalue weighted by Crippen LogP contribution is -2.33. The molecule has 114 valence electrons. The summed E-state index contributed by atoms with van der Waals surface area (Å²) in [6.07, 6.45) is 1.85. The van der Waals surface area contributed by atoms with Gasteiger partial charge < -0.3 is 19.9 Å². The lowest BCUT2D eigenvalue weighted by atomic mass is 9.77. The first-order chi connectivity index (χ1) is 10.7. The van der Waals surface area contributed by atoms with Crippen molar-refractivity contribution in [1.82, 2.24) is 5.32 Å². The average molecular weight is 297 g/mol. The average Bonchev–Trinajstić information content (AvgIpc) is 2.54. The Morgan fingerprint density at radius 3 is 2.77 bits per heavy atom. The fraction of sp³-hybridized carbons (Fsp3) is 0.333. The number of phenols is 1. The highest BCUT2D eigenvalue weighted by atomic mass is 16.5. The van der Waals surface area contributed by atoms with E-state index in [1.165, 1.54) is 16.7 Å². The van der Waals surface area contributed by atoms with Gasteiger partial charge in [-0.15, -0.1) is 0 Å². The van der Waals surface area contributed by atoms with Gasteiger partial charge in [0.05, 0.1) is 14.2 Å². The highest BCUT2D eigenvalue weighted by Crippen LogP contribution is 2.52. The summed E-state index contributed by atoms with van der Waals surface area (Å²) in [7, 11) is 3.29. The maximum Gasteiger partial charge on any atom is 0.168 e. The largest absolute Gasteiger partial charge is 0.504 e. The molecule has 2 aromatic carbocycles. The van der Waals surface area contributed by atoms with Gasteiger partial charge in [0.2, 0.25) is 0 Å². The minimum atomic E-state index is 0.204. The van der Waals surface area contributed by atoms with E-state index < -0.39 is 0 Å². The van der Waals surface area contributed by atoms with E-state index in [0.717, 1.165) is 36.3 Å². The van der Waals surface area contributed by atoms with Gasteiger partial charge in [0.25, 0.3) is 0 Å². The van der Waals surface area contributed by atoms with Crippen LogP contribution in [0.1, 0.15) is 22.7 Å². The molecular weight excluding hydrogens is 278 g/mol. The third-order valence-electron chi connectivity index (χ3n) is 4.73. The Hall–Kier alpha value is -2.20. The van der Waals surface area contributed by atoms with Crippen molar-refractivity contribution in [3.8, 4) is 28.4 Å². The third kappa shape index (κ3) is 1.74. The van der Waals surface area contributed by atoms with E-state index in [1.54, 1.807) is 14.2 Å². The zero-order chi connectivity index (χ0) is 15.3. The van der Waals surface area contributed by atoms with E-state index in [0.29, 0.717) is 5.75 Å². The third-order valence-corrected chi connectivity index (χ3v) is 4.73. The molecule has 0 saturated carbocycles. The van der Waals surface area contributed by atoms with Crippen molar-refractivity contribution in [2.75, 3.05) is 20.8 Å². The highest BCUT2D eigenvalue weighted by molar-refractivity contribution is 5.86. The number of rotatable bonds is 2. The maximum atomic E-state index is 10.4. The standard InChI is InChI=1S/C18H19NO3/c1-21-14-5-3-4-10-8-12-15-11(6-7-19-12)9-13(20)18(22-2)17(15)16(10)14/h3-5,9,12,19-20H,6-8H2,1-2H3/t12-/m0/s1. The summed E-state index contributed by atoms with van der Waals surface area (Å²) >= 11 is 0. The highest BCUT2D eigenvalue weighted by Gasteiger charge is 2.34. The van der Waals surface area contributed by atoms with Gasteiger partial charge in [0.15, 0.2) is 11.5 Å². The summed E-state index contributed by atoms with van der Waals surface area (Å²) in [5.41, 5.74) is 5.70. The molecule has 2 N–H and O–H groups in total. The molecular formula is C18H19NO3. The molecule has 0 amide bonds. The summed E-state index contributed by atoms with van der Waals surface area (Å²) in [6, 6.07) is 8.23. The van der Waals surface area contributed by atoms with Crippen LogP contribution in [-0.2, 0) is 12.8 Å². The van der Waals surface area contributed by atoms with E-state index in [4.69, 9.17) is 9.47 Å². The first-order valence-electron chi connectivity index (χ1n) is 7.57. The Bertz CT molecular complexity index is 754. The van der Waals surface area contributed by atoms with E-state index in [9.17, 15) is 5.11 Å². The molecule has 1 atom stereocenters. The van der Waals surface area contributed by atoms with Gasteiger partial charge in [-0.25, -0.2) is 0 Å². The van der Waals surface area contributed by atoms with E-state index in [1.807, 2.05) is 18.2 Å². The molecule has 0 spiro atoms. The fourth-order valence-corrected chi connectivity index (χ4v) is 3.86. The fourth-order valence-electron chi connectivity index (χ4n) is 3.86. The van der Waals surface area contributed by atoms with E-state index in [2.05, 4.69) is 11.4 Å². The molecule has 2 aliphatic rings. The second-order valence-corrected chi connectivity index (χ2v) is 5.83. The van der Waals surface area contributed by atoms with Crippen LogP contribution in [0.4, 0.5) is 0 Å². The van der Waals surface area contributed by atoms with Gasteiger partial charge in [-0.2, -0.15) is 0 Å². The maximum absolute atomic E-state index is 10.4. The van der Waals surface area contributed by atoms with Gasteiger partial charge in [0.1, 0.15) is 5.75 Å². The van der Waals surface area contributed by atoms with Gasteiger partial charge in [-0.3, -0.25) is 0 Å². The molecule has 0 aromatic heterocycles. The zero-order valence-electron chi connectivity index (χ0n) is 12.8. The number of methoxy groups -OCH3 is 2. The molecule has 1 heterocycles. The topological polar surface area (TPSA) is 50.7 Å². The van der Waals surface area contributed by atoms with E-state index >= 15 is 0 Å². The number of benzene rings is 2. The molecule has 2 aromatic rings.